The van der Waals surface area contributed by atoms with E-state index in [2.05, 4.69) is 0 Å². The van der Waals surface area contributed by atoms with Crippen LogP contribution in [-0.4, -0.2) is 38.2 Å². The molecule has 0 fully saturated rings. The molecule has 0 atom stereocenters. The van der Waals surface area contributed by atoms with Gasteiger partial charge in [-0.2, -0.15) is 4.31 Å². The van der Waals surface area contributed by atoms with E-state index < -0.39 is 28.4 Å². The first kappa shape index (κ1) is 34.6. The minimum Gasteiger partial charge on any atom is -0.488 e. The van der Waals surface area contributed by atoms with Crippen LogP contribution in [-0.2, 0) is 39.3 Å². The van der Waals surface area contributed by atoms with Crippen molar-refractivity contribution in [1.82, 2.24) is 4.31 Å². The number of carbonyl (C=O) groups is 2. The van der Waals surface area contributed by atoms with Crippen LogP contribution in [0.3, 0.4) is 0 Å². The zero-order chi connectivity index (χ0) is 34.3. The maximum Gasteiger partial charge on any atom is 0.342 e. The Kier molecular flexibility index (Phi) is 11.1. The van der Waals surface area contributed by atoms with E-state index in [1.165, 1.54) is 23.3 Å². The van der Waals surface area contributed by atoms with Crippen LogP contribution in [0, 0.1) is 20.8 Å². The fraction of sp³-hybridized carbons (Fsp3) is 0.211. The molecule has 0 saturated carbocycles. The maximum atomic E-state index is 14.0. The summed E-state index contributed by atoms with van der Waals surface area (Å²) in [7, 11) is -2.57. The minimum atomic E-state index is -3.98. The Morgan fingerprint density at radius 1 is 0.771 bits per heavy atom. The van der Waals surface area contributed by atoms with Crippen LogP contribution in [0.25, 0.3) is 0 Å². The first-order chi connectivity index (χ1) is 23.0. The van der Waals surface area contributed by atoms with Crippen molar-refractivity contribution in [1.29, 1.82) is 0 Å². The predicted molar refractivity (Wildman–Crippen MR) is 189 cm³/mol. The number of thiophene rings is 1. The first-order valence-corrected chi connectivity index (χ1v) is 17.7. The highest BCUT2D eigenvalue weighted by Crippen LogP contribution is 2.31. The van der Waals surface area contributed by atoms with Crippen LogP contribution >= 0.6 is 11.3 Å². The Balaban J connectivity index is 1.46. The number of aryl methyl sites for hydroxylation is 3. The number of ether oxygens (including phenoxy) is 2. The monoisotopic (exact) mass is 682 g/mol. The fourth-order valence-corrected chi connectivity index (χ4v) is 7.69. The number of amides is 1. The van der Waals surface area contributed by atoms with Crippen molar-refractivity contribution in [2.45, 2.75) is 45.4 Å². The van der Waals surface area contributed by atoms with Crippen LogP contribution in [0.4, 0.5) is 5.69 Å². The molecule has 10 heteroatoms. The highest BCUT2D eigenvalue weighted by Gasteiger charge is 2.29. The van der Waals surface area contributed by atoms with Crippen LogP contribution in [0.2, 0.25) is 0 Å². The van der Waals surface area contributed by atoms with Gasteiger partial charge in [0.05, 0.1) is 18.0 Å². The van der Waals surface area contributed by atoms with Crippen molar-refractivity contribution in [2.24, 2.45) is 0 Å². The lowest BCUT2D eigenvalue weighted by Crippen LogP contribution is -2.41. The van der Waals surface area contributed by atoms with Crippen molar-refractivity contribution in [2.75, 3.05) is 18.5 Å². The van der Waals surface area contributed by atoms with E-state index >= 15 is 0 Å². The summed E-state index contributed by atoms with van der Waals surface area (Å²) in [6, 6.07) is 31.2. The molecule has 1 heterocycles. The third kappa shape index (κ3) is 8.38. The number of sulfonamides is 1. The van der Waals surface area contributed by atoms with Gasteiger partial charge in [0, 0.05) is 23.7 Å². The molecule has 0 aliphatic carbocycles. The molecule has 1 aromatic heterocycles. The van der Waals surface area contributed by atoms with E-state index in [0.717, 1.165) is 25.9 Å². The molecule has 0 radical (unpaired) electrons. The van der Waals surface area contributed by atoms with E-state index in [1.54, 1.807) is 32.0 Å². The molecule has 8 nitrogen and oxygen atoms in total. The van der Waals surface area contributed by atoms with E-state index in [-0.39, 0.29) is 36.0 Å². The molecule has 0 spiro atoms. The number of benzene rings is 4. The Labute approximate surface area is 286 Å². The summed E-state index contributed by atoms with van der Waals surface area (Å²) in [5, 5.41) is 1.91. The SMILES string of the molecule is Cc1cc(C)c(S(=O)(=O)N(C)CC(=O)N(Cc2cccs2)c2ccc(C(=O)OCc3ccccc3)c(OCc3ccccc3)c2)c(C)c1. The Morgan fingerprint density at radius 2 is 1.40 bits per heavy atom. The molecule has 0 unspecified atom stereocenters. The van der Waals surface area contributed by atoms with Gasteiger partial charge in [-0.25, -0.2) is 13.2 Å². The lowest BCUT2D eigenvalue weighted by atomic mass is 10.1. The second kappa shape index (κ2) is 15.4. The molecule has 48 heavy (non-hydrogen) atoms. The summed E-state index contributed by atoms with van der Waals surface area (Å²) in [5.74, 6) is -0.769. The topological polar surface area (TPSA) is 93.2 Å². The molecule has 4 aromatic carbocycles. The van der Waals surface area contributed by atoms with E-state index in [4.69, 9.17) is 9.47 Å². The minimum absolute atomic E-state index is 0.0866. The van der Waals surface area contributed by atoms with Gasteiger partial charge in [-0.15, -0.1) is 11.3 Å². The lowest BCUT2D eigenvalue weighted by molar-refractivity contribution is -0.118. The van der Waals surface area contributed by atoms with Crippen molar-refractivity contribution in [3.8, 4) is 5.75 Å². The molecule has 0 N–H and O–H groups in total. The highest BCUT2D eigenvalue weighted by molar-refractivity contribution is 7.89. The molecule has 0 aliphatic heterocycles. The molecule has 0 aliphatic rings. The van der Waals surface area contributed by atoms with Gasteiger partial charge in [0.25, 0.3) is 0 Å². The summed E-state index contributed by atoms with van der Waals surface area (Å²) in [6.07, 6.45) is 0. The normalized spacial score (nSPS) is 11.4. The number of esters is 1. The number of rotatable bonds is 13. The maximum absolute atomic E-state index is 14.0. The van der Waals surface area contributed by atoms with Crippen LogP contribution < -0.4 is 9.64 Å². The number of nitrogens with zero attached hydrogens (tertiary/aromatic N) is 2. The number of likely N-dealkylation sites (N-methyl/N-ethyl adjacent to an activating group) is 1. The molecule has 1 amide bonds. The van der Waals surface area contributed by atoms with Gasteiger partial charge in [0.15, 0.2) is 0 Å². The van der Waals surface area contributed by atoms with Crippen molar-refractivity contribution < 1.29 is 27.5 Å². The lowest BCUT2D eigenvalue weighted by Gasteiger charge is -2.27. The molecule has 248 valence electrons. The average Bonchev–Trinajstić information content (AvgIpc) is 3.59. The van der Waals surface area contributed by atoms with Gasteiger partial charge in [-0.05, 0) is 66.6 Å². The van der Waals surface area contributed by atoms with Crippen molar-refractivity contribution in [3.63, 3.8) is 0 Å². The third-order valence-electron chi connectivity index (χ3n) is 7.77. The molecular formula is C38H38N2O6S2. The number of carbonyl (C=O) groups excluding carboxylic acids is 2. The van der Waals surface area contributed by atoms with Crippen LogP contribution in [0.15, 0.2) is 113 Å². The molecule has 0 saturated heterocycles. The van der Waals surface area contributed by atoms with Gasteiger partial charge < -0.3 is 14.4 Å². The summed E-state index contributed by atoms with van der Waals surface area (Å²) < 4.78 is 40.4. The van der Waals surface area contributed by atoms with E-state index in [0.29, 0.717) is 16.8 Å². The Morgan fingerprint density at radius 3 is 2.00 bits per heavy atom. The Bertz CT molecular complexity index is 1960. The summed E-state index contributed by atoms with van der Waals surface area (Å²) in [4.78, 5) is 30.0. The summed E-state index contributed by atoms with van der Waals surface area (Å²) >= 11 is 1.48. The average molecular weight is 683 g/mol. The highest BCUT2D eigenvalue weighted by atomic mass is 32.2. The van der Waals surface area contributed by atoms with Gasteiger partial charge >= 0.3 is 5.97 Å². The first-order valence-electron chi connectivity index (χ1n) is 15.4. The second-order valence-electron chi connectivity index (χ2n) is 11.6. The molecule has 0 bridgehead atoms. The molecule has 5 rings (SSSR count). The number of anilines is 1. The summed E-state index contributed by atoms with van der Waals surface area (Å²) in [5.41, 5.74) is 4.60. The fourth-order valence-electron chi connectivity index (χ4n) is 5.48. The van der Waals surface area contributed by atoms with Crippen molar-refractivity contribution in [3.05, 3.63) is 147 Å². The predicted octanol–water partition coefficient (Wildman–Crippen LogP) is 7.46. The van der Waals surface area contributed by atoms with Crippen LogP contribution in [0.1, 0.15) is 43.1 Å². The Hall–Kier alpha value is -4.77. The third-order valence-corrected chi connectivity index (χ3v) is 10.7. The quantitative estimate of drug-likeness (QED) is 0.120. The molecular weight excluding hydrogens is 645 g/mol. The number of hydrogen-bond acceptors (Lipinski definition) is 7. The van der Waals surface area contributed by atoms with Gasteiger partial charge in [0.1, 0.15) is 24.5 Å². The van der Waals surface area contributed by atoms with Gasteiger partial charge in [-0.1, -0.05) is 84.4 Å². The zero-order valence-corrected chi connectivity index (χ0v) is 29.0. The van der Waals surface area contributed by atoms with Gasteiger partial charge in [0.2, 0.25) is 15.9 Å². The van der Waals surface area contributed by atoms with E-state index in [1.807, 2.05) is 97.2 Å². The van der Waals surface area contributed by atoms with Crippen LogP contribution in [0.5, 0.6) is 5.75 Å². The largest absolute Gasteiger partial charge is 0.488 e. The van der Waals surface area contributed by atoms with Crippen molar-refractivity contribution >= 4 is 38.9 Å². The van der Waals surface area contributed by atoms with Gasteiger partial charge in [-0.3, -0.25) is 4.79 Å². The second-order valence-corrected chi connectivity index (χ2v) is 14.6. The van der Waals surface area contributed by atoms with E-state index in [9.17, 15) is 18.0 Å². The zero-order valence-electron chi connectivity index (χ0n) is 27.4. The standard InChI is InChI=1S/C38H38N2O6S2/c1-27-20-28(2)37(29(3)21-27)48(43,44)39(4)24-36(41)40(23-33-16-11-19-47-33)32-17-18-34(38(42)46-26-31-14-9-6-10-15-31)35(22-32)45-25-30-12-7-5-8-13-30/h5-22H,23-26H2,1-4H3. The molecule has 5 aromatic rings. The summed E-state index contributed by atoms with van der Waals surface area (Å²) in [6.45, 7) is 5.49. The number of hydrogen-bond donors (Lipinski definition) is 0. The smallest absolute Gasteiger partial charge is 0.342 e.